The van der Waals surface area contributed by atoms with Crippen LogP contribution in [0.1, 0.15) is 26.2 Å². The molecule has 0 aliphatic rings. The largest absolute Gasteiger partial charge is 0.493 e. The molecule has 3 N–H and O–H groups in total. The van der Waals surface area contributed by atoms with E-state index in [0.717, 1.165) is 30.4 Å². The number of rotatable bonds is 7. The Labute approximate surface area is 120 Å². The normalized spacial score (nSPS) is 14.2. The Balaban J connectivity index is 1.85. The number of hydrogen-bond donors (Lipinski definition) is 2. The van der Waals surface area contributed by atoms with Gasteiger partial charge in [0.1, 0.15) is 5.75 Å². The third-order valence-corrected chi connectivity index (χ3v) is 3.51. The molecule has 0 bridgehead atoms. The highest BCUT2D eigenvalue weighted by Crippen LogP contribution is 2.25. The van der Waals surface area contributed by atoms with Crippen LogP contribution in [0.4, 0.5) is 0 Å². The van der Waals surface area contributed by atoms with Crippen LogP contribution in [-0.4, -0.2) is 23.9 Å². The van der Waals surface area contributed by atoms with Gasteiger partial charge in [0.2, 0.25) is 0 Å². The zero-order valence-electron chi connectivity index (χ0n) is 12.0. The molecule has 2 aromatic rings. The Hall–Kier alpha value is -1.58. The van der Waals surface area contributed by atoms with Gasteiger partial charge in [0.25, 0.3) is 0 Å². The molecule has 1 atom stereocenters. The fraction of sp³-hybridized carbons (Fsp3) is 0.412. The highest BCUT2D eigenvalue weighted by atomic mass is 16.5. The van der Waals surface area contributed by atoms with E-state index in [0.29, 0.717) is 6.61 Å². The van der Waals surface area contributed by atoms with Crippen molar-refractivity contribution in [2.45, 2.75) is 31.7 Å². The molecule has 0 saturated heterocycles. The first-order chi connectivity index (χ1) is 9.62. The second kappa shape index (κ2) is 6.73. The van der Waals surface area contributed by atoms with Gasteiger partial charge in [-0.1, -0.05) is 36.4 Å². The maximum atomic E-state index is 9.09. The van der Waals surface area contributed by atoms with Crippen molar-refractivity contribution in [3.05, 3.63) is 42.5 Å². The van der Waals surface area contributed by atoms with E-state index in [1.54, 1.807) is 0 Å². The zero-order chi connectivity index (χ0) is 14.4. The van der Waals surface area contributed by atoms with Crippen LogP contribution in [0.3, 0.4) is 0 Å². The molecule has 108 valence electrons. The standard InChI is InChI=1S/C17H23NO2/c1-17(18,13-19)11-4-5-12-20-16-10-6-8-14-7-2-3-9-15(14)16/h2-3,6-10,19H,4-5,11-13,18H2,1H3. The molecule has 0 radical (unpaired) electrons. The Morgan fingerprint density at radius 1 is 1.10 bits per heavy atom. The second-order valence-corrected chi connectivity index (χ2v) is 5.59. The molecule has 2 aromatic carbocycles. The van der Waals surface area contributed by atoms with E-state index in [-0.39, 0.29) is 6.61 Å². The fourth-order valence-electron chi connectivity index (χ4n) is 2.21. The minimum Gasteiger partial charge on any atom is -0.493 e. The van der Waals surface area contributed by atoms with E-state index in [1.807, 2.05) is 31.2 Å². The summed E-state index contributed by atoms with van der Waals surface area (Å²) in [5, 5.41) is 11.4. The number of benzene rings is 2. The van der Waals surface area contributed by atoms with E-state index in [9.17, 15) is 0 Å². The predicted octanol–water partition coefficient (Wildman–Crippen LogP) is 3.10. The molecule has 0 aliphatic heterocycles. The van der Waals surface area contributed by atoms with E-state index < -0.39 is 5.54 Å². The Kier molecular flexibility index (Phi) is 4.99. The zero-order valence-corrected chi connectivity index (χ0v) is 12.0. The van der Waals surface area contributed by atoms with Crippen molar-refractivity contribution < 1.29 is 9.84 Å². The van der Waals surface area contributed by atoms with Crippen molar-refractivity contribution in [1.29, 1.82) is 0 Å². The molecule has 20 heavy (non-hydrogen) atoms. The first-order valence-corrected chi connectivity index (χ1v) is 7.13. The van der Waals surface area contributed by atoms with Crippen LogP contribution in [0, 0.1) is 0 Å². The third kappa shape index (κ3) is 3.95. The van der Waals surface area contributed by atoms with Gasteiger partial charge in [-0.05, 0) is 37.6 Å². The molecule has 0 saturated carbocycles. The highest BCUT2D eigenvalue weighted by molar-refractivity contribution is 5.88. The smallest absolute Gasteiger partial charge is 0.127 e. The van der Waals surface area contributed by atoms with Gasteiger partial charge in [0.15, 0.2) is 0 Å². The van der Waals surface area contributed by atoms with Gasteiger partial charge in [0.05, 0.1) is 13.2 Å². The molecule has 0 amide bonds. The minimum atomic E-state index is -0.473. The van der Waals surface area contributed by atoms with Crippen molar-refractivity contribution in [3.63, 3.8) is 0 Å². The van der Waals surface area contributed by atoms with Gasteiger partial charge in [-0.15, -0.1) is 0 Å². The fourth-order valence-corrected chi connectivity index (χ4v) is 2.21. The van der Waals surface area contributed by atoms with Crippen molar-refractivity contribution in [3.8, 4) is 5.75 Å². The minimum absolute atomic E-state index is 0.0250. The summed E-state index contributed by atoms with van der Waals surface area (Å²) in [5.41, 5.74) is 5.42. The van der Waals surface area contributed by atoms with Crippen molar-refractivity contribution in [1.82, 2.24) is 0 Å². The van der Waals surface area contributed by atoms with E-state index in [4.69, 9.17) is 15.6 Å². The van der Waals surface area contributed by atoms with Crippen molar-refractivity contribution in [2.24, 2.45) is 5.73 Å². The van der Waals surface area contributed by atoms with Crippen LogP contribution in [0.15, 0.2) is 42.5 Å². The van der Waals surface area contributed by atoms with Gasteiger partial charge in [-0.2, -0.15) is 0 Å². The Bertz CT molecular complexity index is 546. The van der Waals surface area contributed by atoms with Gasteiger partial charge in [0, 0.05) is 10.9 Å². The molecule has 2 rings (SSSR count). The number of ether oxygens (including phenoxy) is 1. The lowest BCUT2D eigenvalue weighted by atomic mass is 9.97. The summed E-state index contributed by atoms with van der Waals surface area (Å²) < 4.78 is 5.86. The quantitative estimate of drug-likeness (QED) is 0.762. The summed E-state index contributed by atoms with van der Waals surface area (Å²) in [6, 6.07) is 14.3. The van der Waals surface area contributed by atoms with Gasteiger partial charge in [-0.25, -0.2) is 0 Å². The van der Waals surface area contributed by atoms with Crippen LogP contribution in [0.2, 0.25) is 0 Å². The summed E-state index contributed by atoms with van der Waals surface area (Å²) in [7, 11) is 0. The van der Waals surface area contributed by atoms with E-state index >= 15 is 0 Å². The van der Waals surface area contributed by atoms with Crippen LogP contribution < -0.4 is 10.5 Å². The van der Waals surface area contributed by atoms with Gasteiger partial charge >= 0.3 is 0 Å². The van der Waals surface area contributed by atoms with Gasteiger partial charge in [-0.3, -0.25) is 0 Å². The molecule has 3 nitrogen and oxygen atoms in total. The molecular formula is C17H23NO2. The number of nitrogens with two attached hydrogens (primary N) is 1. The number of aliphatic hydroxyl groups excluding tert-OH is 1. The summed E-state index contributed by atoms with van der Waals surface area (Å²) in [6.45, 7) is 2.57. The molecule has 3 heteroatoms. The predicted molar refractivity (Wildman–Crippen MR) is 83.0 cm³/mol. The summed E-state index contributed by atoms with van der Waals surface area (Å²) in [4.78, 5) is 0. The third-order valence-electron chi connectivity index (χ3n) is 3.51. The average Bonchev–Trinajstić information content (AvgIpc) is 2.47. The summed E-state index contributed by atoms with van der Waals surface area (Å²) >= 11 is 0. The SMILES string of the molecule is CC(N)(CO)CCCCOc1cccc2ccccc12. The number of fused-ring (bicyclic) bond motifs is 1. The highest BCUT2D eigenvalue weighted by Gasteiger charge is 2.15. The van der Waals surface area contributed by atoms with Crippen LogP contribution in [-0.2, 0) is 0 Å². The first-order valence-electron chi connectivity index (χ1n) is 7.13. The Morgan fingerprint density at radius 3 is 2.65 bits per heavy atom. The second-order valence-electron chi connectivity index (χ2n) is 5.59. The van der Waals surface area contributed by atoms with E-state index in [1.165, 1.54) is 5.39 Å². The maximum Gasteiger partial charge on any atom is 0.127 e. The summed E-state index contributed by atoms with van der Waals surface area (Å²) in [6.07, 6.45) is 2.71. The maximum absolute atomic E-state index is 9.09. The van der Waals surface area contributed by atoms with Crippen molar-refractivity contribution in [2.75, 3.05) is 13.2 Å². The lowest BCUT2D eigenvalue weighted by Gasteiger charge is -2.21. The molecule has 0 heterocycles. The monoisotopic (exact) mass is 273 g/mol. The van der Waals surface area contributed by atoms with Crippen LogP contribution >= 0.6 is 0 Å². The summed E-state index contributed by atoms with van der Waals surface area (Å²) in [5.74, 6) is 0.931. The lowest BCUT2D eigenvalue weighted by Crippen LogP contribution is -2.39. The Morgan fingerprint density at radius 2 is 1.85 bits per heavy atom. The average molecular weight is 273 g/mol. The molecule has 0 aliphatic carbocycles. The van der Waals surface area contributed by atoms with E-state index in [2.05, 4.69) is 18.2 Å². The topological polar surface area (TPSA) is 55.5 Å². The first kappa shape index (κ1) is 14.8. The van der Waals surface area contributed by atoms with Crippen LogP contribution in [0.5, 0.6) is 5.75 Å². The lowest BCUT2D eigenvalue weighted by molar-refractivity contribution is 0.194. The van der Waals surface area contributed by atoms with Crippen molar-refractivity contribution >= 4 is 10.8 Å². The number of unbranched alkanes of at least 4 members (excludes halogenated alkanes) is 1. The van der Waals surface area contributed by atoms with Crippen LogP contribution in [0.25, 0.3) is 10.8 Å². The number of hydrogen-bond acceptors (Lipinski definition) is 3. The van der Waals surface area contributed by atoms with Gasteiger partial charge < -0.3 is 15.6 Å². The number of aliphatic hydroxyl groups is 1. The molecule has 0 spiro atoms. The molecular weight excluding hydrogens is 250 g/mol. The molecule has 1 unspecified atom stereocenters. The molecule has 0 aromatic heterocycles. The molecule has 0 fully saturated rings.